The molecule has 6 atom stereocenters. The number of rotatable bonds is 14. The Balaban J connectivity index is 1.43. The second-order valence-corrected chi connectivity index (χ2v) is 13.7. The van der Waals surface area contributed by atoms with Crippen LogP contribution in [0.4, 0.5) is 10.2 Å². The Kier molecular flexibility index (Phi) is 10.8. The Morgan fingerprint density at radius 1 is 1.15 bits per heavy atom. The van der Waals surface area contributed by atoms with Crippen LogP contribution in [-0.4, -0.2) is 63.1 Å². The largest absolute Gasteiger partial charge is 0.462 e. The molecule has 0 aliphatic carbocycles. The van der Waals surface area contributed by atoms with Crippen molar-refractivity contribution in [2.75, 3.05) is 18.9 Å². The molecule has 1 aliphatic heterocycles. The Labute approximate surface area is 276 Å². The number of ether oxygens (including phenoxy) is 3. The van der Waals surface area contributed by atoms with Crippen LogP contribution in [-0.2, 0) is 34.7 Å². The number of para-hydroxylation sites is 1. The number of carbonyl (C=O) groups excluding carboxylic acids is 1. The maximum atomic E-state index is 16.7. The highest BCUT2D eigenvalue weighted by Crippen LogP contribution is 2.50. The number of carbonyl (C=O) groups is 1. The molecular weight excluding hydrogens is 654 g/mol. The number of esters is 1. The summed E-state index contributed by atoms with van der Waals surface area (Å²) in [7, 11) is -4.30. The van der Waals surface area contributed by atoms with Gasteiger partial charge in [-0.2, -0.15) is 15.1 Å². The van der Waals surface area contributed by atoms with E-state index in [1.807, 2.05) is 30.3 Å². The van der Waals surface area contributed by atoms with Gasteiger partial charge in [0.05, 0.1) is 43.8 Å². The summed E-state index contributed by atoms with van der Waals surface area (Å²) in [6.45, 7) is 6.19. The Morgan fingerprint density at radius 3 is 2.51 bits per heavy atom. The Bertz CT molecular complexity index is 1720. The van der Waals surface area contributed by atoms with E-state index in [0.717, 1.165) is 5.56 Å². The van der Waals surface area contributed by atoms with Gasteiger partial charge in [-0.25, -0.2) is 13.9 Å². The number of nitrogens with one attached hydrogen (secondary N) is 1. The number of fused-ring (bicyclic) bond motifs is 1. The number of halogens is 2. The molecule has 0 amide bonds. The minimum Gasteiger partial charge on any atom is -0.462 e. The summed E-state index contributed by atoms with van der Waals surface area (Å²) in [5.41, 5.74) is 5.91. The molecule has 2 aromatic carbocycles. The van der Waals surface area contributed by atoms with E-state index in [4.69, 9.17) is 40.6 Å². The molecular formula is C31H37ClFN6O7P. The molecule has 0 saturated carbocycles. The second kappa shape index (κ2) is 14.6. The summed E-state index contributed by atoms with van der Waals surface area (Å²) in [6.07, 6.45) is -3.09. The number of anilines is 1. The molecule has 1 aliphatic rings. The topological polar surface area (TPSA) is 162 Å². The molecule has 3 unspecified atom stereocenters. The van der Waals surface area contributed by atoms with Crippen molar-refractivity contribution in [3.8, 4) is 5.75 Å². The number of aromatic nitrogens is 4. The van der Waals surface area contributed by atoms with Crippen LogP contribution in [0.1, 0.15) is 39.5 Å². The van der Waals surface area contributed by atoms with E-state index < -0.39 is 56.4 Å². The molecule has 3 N–H and O–H groups in total. The highest BCUT2D eigenvalue weighted by Gasteiger charge is 2.56. The van der Waals surface area contributed by atoms with Gasteiger partial charge < -0.3 is 24.5 Å². The second-order valence-electron chi connectivity index (χ2n) is 11.6. The fraction of sp³-hybridized carbons (Fsp3) is 0.419. The lowest BCUT2D eigenvalue weighted by atomic mass is 9.82. The molecule has 3 heterocycles. The molecule has 5 rings (SSSR count). The van der Waals surface area contributed by atoms with Gasteiger partial charge in [0, 0.05) is 0 Å². The van der Waals surface area contributed by atoms with Gasteiger partial charge in [0.25, 0.3) is 0 Å². The van der Waals surface area contributed by atoms with E-state index in [-0.39, 0.29) is 41.2 Å². The number of imidazole rings is 1. The van der Waals surface area contributed by atoms with E-state index in [1.54, 1.807) is 51.1 Å². The molecule has 252 valence electrons. The standard InChI is InChI=1S/C31H37ClFN6O7P/c1-19(2)44-29(40)20(3)38-47(41,46-22-13-9-6-10-14-22)43-16-23-31(4,17-42-15-21-11-7-5-8-12-21)25(33)28(45-23)39-18-35-24-26(34)36-30(32)37-27(24)39/h5-14,18-20,23,25,28H,15-17H2,1-4H3,(H,38,41)(H2,34,36,37)/t20-,23+,25?,28+,31?,47?/m0/s1. The maximum Gasteiger partial charge on any atom is 0.459 e. The zero-order valence-corrected chi connectivity index (χ0v) is 27.9. The summed E-state index contributed by atoms with van der Waals surface area (Å²) in [4.78, 5) is 25.0. The molecule has 47 heavy (non-hydrogen) atoms. The number of alkyl halides is 1. The highest BCUT2D eigenvalue weighted by molar-refractivity contribution is 7.52. The van der Waals surface area contributed by atoms with Crippen molar-refractivity contribution in [2.24, 2.45) is 5.41 Å². The summed E-state index contributed by atoms with van der Waals surface area (Å²) in [6, 6.07) is 16.6. The van der Waals surface area contributed by atoms with E-state index in [0.29, 0.717) is 0 Å². The Morgan fingerprint density at radius 2 is 1.83 bits per heavy atom. The van der Waals surface area contributed by atoms with Crippen LogP contribution >= 0.6 is 19.3 Å². The molecule has 0 bridgehead atoms. The summed E-state index contributed by atoms with van der Waals surface area (Å²) in [5, 5.41) is 2.50. The number of nitrogens with zero attached hydrogens (tertiary/aromatic N) is 4. The van der Waals surface area contributed by atoms with Gasteiger partial charge in [0.2, 0.25) is 5.28 Å². The van der Waals surface area contributed by atoms with E-state index in [9.17, 15) is 9.36 Å². The summed E-state index contributed by atoms with van der Waals surface area (Å²) in [5.74, 6) is -0.418. The molecule has 1 saturated heterocycles. The lowest BCUT2D eigenvalue weighted by Gasteiger charge is -2.32. The summed E-state index contributed by atoms with van der Waals surface area (Å²) >= 11 is 6.06. The van der Waals surface area contributed by atoms with Crippen LogP contribution in [0.25, 0.3) is 11.2 Å². The van der Waals surface area contributed by atoms with Crippen LogP contribution in [0.15, 0.2) is 67.0 Å². The van der Waals surface area contributed by atoms with Gasteiger partial charge in [-0.3, -0.25) is 13.9 Å². The van der Waals surface area contributed by atoms with Crippen molar-refractivity contribution in [1.82, 2.24) is 24.6 Å². The van der Waals surface area contributed by atoms with Crippen LogP contribution < -0.4 is 15.3 Å². The molecule has 2 aromatic heterocycles. The normalized spacial score (nSPS) is 23.1. The van der Waals surface area contributed by atoms with Crippen molar-refractivity contribution < 1.29 is 37.0 Å². The van der Waals surface area contributed by atoms with Crippen LogP contribution in [0.3, 0.4) is 0 Å². The fourth-order valence-electron chi connectivity index (χ4n) is 5.06. The maximum absolute atomic E-state index is 16.7. The monoisotopic (exact) mass is 690 g/mol. The number of hydrogen-bond donors (Lipinski definition) is 2. The first-order valence-electron chi connectivity index (χ1n) is 14.9. The molecule has 4 aromatic rings. The van der Waals surface area contributed by atoms with Crippen molar-refractivity contribution in [2.45, 2.75) is 65.0 Å². The smallest absolute Gasteiger partial charge is 0.459 e. The van der Waals surface area contributed by atoms with E-state index >= 15 is 4.39 Å². The van der Waals surface area contributed by atoms with Gasteiger partial charge in [-0.15, -0.1) is 0 Å². The molecule has 1 fully saturated rings. The minimum atomic E-state index is -4.30. The molecule has 0 spiro atoms. The highest BCUT2D eigenvalue weighted by atomic mass is 35.5. The van der Waals surface area contributed by atoms with Gasteiger partial charge in [-0.1, -0.05) is 55.5 Å². The SMILES string of the molecule is CC(C)OC(=O)[C@H](C)NP(=O)(OC[C@H]1O[C@@H](n2cnc3c(N)nc(Cl)nc32)C(F)C1(C)COCc1ccccc1)Oc1ccccc1. The lowest BCUT2D eigenvalue weighted by Crippen LogP contribution is -2.42. The van der Waals surface area contributed by atoms with E-state index in [2.05, 4.69) is 20.0 Å². The molecule has 0 radical (unpaired) electrons. The van der Waals surface area contributed by atoms with Gasteiger partial charge in [0.15, 0.2) is 23.9 Å². The van der Waals surface area contributed by atoms with Crippen molar-refractivity contribution in [3.63, 3.8) is 0 Å². The number of hydrogen-bond acceptors (Lipinski definition) is 11. The first kappa shape index (κ1) is 34.7. The summed E-state index contributed by atoms with van der Waals surface area (Å²) < 4.78 is 61.5. The fourth-order valence-corrected chi connectivity index (χ4v) is 6.73. The number of nitrogens with two attached hydrogens (primary N) is 1. The van der Waals surface area contributed by atoms with Crippen molar-refractivity contribution in [1.29, 1.82) is 0 Å². The van der Waals surface area contributed by atoms with Gasteiger partial charge in [-0.05, 0) is 50.1 Å². The zero-order valence-electron chi connectivity index (χ0n) is 26.3. The van der Waals surface area contributed by atoms with Gasteiger partial charge >= 0.3 is 13.7 Å². The predicted molar refractivity (Wildman–Crippen MR) is 172 cm³/mol. The zero-order chi connectivity index (χ0) is 33.8. The third-order valence-electron chi connectivity index (χ3n) is 7.56. The average molecular weight is 691 g/mol. The average Bonchev–Trinajstić information content (AvgIpc) is 3.55. The quantitative estimate of drug-likeness (QED) is 0.0951. The number of nitrogen functional groups attached to an aromatic ring is 1. The van der Waals surface area contributed by atoms with Crippen molar-refractivity contribution >= 4 is 42.3 Å². The van der Waals surface area contributed by atoms with Crippen LogP contribution in [0.5, 0.6) is 5.75 Å². The first-order chi connectivity index (χ1) is 22.4. The molecule has 13 nitrogen and oxygen atoms in total. The minimum absolute atomic E-state index is 0.0242. The van der Waals surface area contributed by atoms with Crippen LogP contribution in [0, 0.1) is 5.41 Å². The van der Waals surface area contributed by atoms with Crippen molar-refractivity contribution in [3.05, 3.63) is 77.8 Å². The predicted octanol–water partition coefficient (Wildman–Crippen LogP) is 5.65. The first-order valence-corrected chi connectivity index (χ1v) is 16.8. The van der Waals surface area contributed by atoms with Gasteiger partial charge in [0.1, 0.15) is 17.3 Å². The van der Waals surface area contributed by atoms with E-state index in [1.165, 1.54) is 17.8 Å². The Hall–Kier alpha value is -3.65. The number of benzene rings is 2. The third kappa shape index (κ3) is 8.08. The third-order valence-corrected chi connectivity index (χ3v) is 9.37. The lowest BCUT2D eigenvalue weighted by molar-refractivity contribution is -0.149. The molecule has 16 heteroatoms. The van der Waals surface area contributed by atoms with Crippen LogP contribution in [0.2, 0.25) is 5.28 Å².